The number of piperidine rings is 1. The average Bonchev–Trinajstić information content (AvgIpc) is 3.04. The number of aromatic nitrogens is 1. The normalized spacial score (nSPS) is 14.4. The third-order valence-corrected chi connectivity index (χ3v) is 9.48. The van der Waals surface area contributed by atoms with Crippen LogP contribution in [0.4, 0.5) is 4.79 Å². The zero-order valence-electron chi connectivity index (χ0n) is 24.8. The second kappa shape index (κ2) is 16.4. The molecule has 44 heavy (non-hydrogen) atoms. The fourth-order valence-electron chi connectivity index (χ4n) is 5.21. The number of halogens is 1. The van der Waals surface area contributed by atoms with Gasteiger partial charge in [-0.3, -0.25) is 15.0 Å². The largest absolute Gasteiger partial charge is 0.497 e. The van der Waals surface area contributed by atoms with Crippen LogP contribution in [0, 0.1) is 12.8 Å². The molecule has 0 spiro atoms. The van der Waals surface area contributed by atoms with Crippen molar-refractivity contribution >= 4 is 34.4 Å². The van der Waals surface area contributed by atoms with Crippen LogP contribution in [0.3, 0.4) is 0 Å². The second-order valence-electron chi connectivity index (χ2n) is 10.5. The summed E-state index contributed by atoms with van der Waals surface area (Å²) in [6.07, 6.45) is 4.80. The van der Waals surface area contributed by atoms with Gasteiger partial charge in [-0.25, -0.2) is 18.7 Å². The molecule has 238 valence electrons. The number of aryl methyl sites for hydroxylation is 2. The molecule has 13 heteroatoms. The lowest BCUT2D eigenvalue weighted by molar-refractivity contribution is -0.135. The fraction of sp³-hybridized carbons (Fsp3) is 0.387. The Bertz CT molecular complexity index is 1450. The topological polar surface area (TPSA) is 138 Å². The highest BCUT2D eigenvalue weighted by Crippen LogP contribution is 2.31. The number of hydrogen-bond donors (Lipinski definition) is 2. The number of amides is 2. The zero-order valence-corrected chi connectivity index (χ0v) is 26.4. The molecule has 0 saturated carbocycles. The predicted molar refractivity (Wildman–Crippen MR) is 166 cm³/mol. The Morgan fingerprint density at radius 2 is 1.66 bits per heavy atom. The van der Waals surface area contributed by atoms with Crippen molar-refractivity contribution in [3.05, 3.63) is 89.7 Å². The van der Waals surface area contributed by atoms with E-state index in [4.69, 9.17) is 9.47 Å². The van der Waals surface area contributed by atoms with Crippen LogP contribution < -0.4 is 10.2 Å². The maximum atomic E-state index is 14.0. The van der Waals surface area contributed by atoms with Gasteiger partial charge in [0.15, 0.2) is 0 Å². The van der Waals surface area contributed by atoms with E-state index in [9.17, 15) is 23.2 Å². The summed E-state index contributed by atoms with van der Waals surface area (Å²) in [6, 6.07) is 16.2. The Labute approximate surface area is 264 Å². The first-order valence-electron chi connectivity index (χ1n) is 14.2. The molecule has 2 aromatic carbocycles. The van der Waals surface area contributed by atoms with Gasteiger partial charge in [0.1, 0.15) is 11.8 Å². The Balaban J connectivity index is 0.00000529. The summed E-state index contributed by atoms with van der Waals surface area (Å²) in [5, 5.41) is 9.68. The van der Waals surface area contributed by atoms with E-state index in [1.165, 1.54) is 42.5 Å². The Morgan fingerprint density at radius 1 is 1.02 bits per heavy atom. The number of rotatable bonds is 12. The van der Waals surface area contributed by atoms with Gasteiger partial charge in [-0.1, -0.05) is 29.8 Å². The Morgan fingerprint density at radius 3 is 2.25 bits per heavy atom. The van der Waals surface area contributed by atoms with Crippen molar-refractivity contribution in [3.63, 3.8) is 0 Å². The van der Waals surface area contributed by atoms with Crippen LogP contribution in [0.25, 0.3) is 0 Å². The van der Waals surface area contributed by atoms with Crippen LogP contribution >= 0.6 is 12.4 Å². The number of methoxy groups -OCH3 is 1. The number of hydroxylamine groups is 1. The summed E-state index contributed by atoms with van der Waals surface area (Å²) < 4.78 is 39.8. The summed E-state index contributed by atoms with van der Waals surface area (Å²) in [7, 11) is -2.74. The van der Waals surface area contributed by atoms with Crippen molar-refractivity contribution in [2.75, 3.05) is 26.8 Å². The van der Waals surface area contributed by atoms with E-state index in [2.05, 4.69) is 29.2 Å². The minimum Gasteiger partial charge on any atom is -0.497 e. The van der Waals surface area contributed by atoms with Crippen LogP contribution in [0.2, 0.25) is 0 Å². The van der Waals surface area contributed by atoms with Crippen molar-refractivity contribution in [2.45, 2.75) is 50.1 Å². The second-order valence-corrected chi connectivity index (χ2v) is 12.4. The lowest BCUT2D eigenvalue weighted by Crippen LogP contribution is -2.55. The number of benzene rings is 2. The number of nitrogens with zero attached hydrogens (tertiary/aromatic N) is 3. The van der Waals surface area contributed by atoms with E-state index in [0.717, 1.165) is 10.7 Å². The molecule has 4 rings (SSSR count). The van der Waals surface area contributed by atoms with E-state index < -0.39 is 34.0 Å². The molecule has 0 bridgehead atoms. The van der Waals surface area contributed by atoms with Crippen LogP contribution in [0.15, 0.2) is 78.0 Å². The van der Waals surface area contributed by atoms with Crippen molar-refractivity contribution in [1.82, 2.24) is 19.7 Å². The van der Waals surface area contributed by atoms with Gasteiger partial charge in [-0.2, -0.15) is 4.31 Å². The van der Waals surface area contributed by atoms with Crippen LogP contribution in [0.1, 0.15) is 36.0 Å². The van der Waals surface area contributed by atoms with Gasteiger partial charge in [-0.05, 0) is 86.1 Å². The standard InChI is InChI=1S/C31H38N4O7S.ClH/c1-23-5-7-24(8-6-23)4-3-21-42-31(37)34-19-15-26(16-20-34)29(30(36)33-38)35(22-25-13-17-32-18-14-25)43(39,40)28-11-9-27(41-2)10-12-28;/h5-14,17-18,26,29,38H,3-4,15-16,19-22H2,1-2H3,(H,33,36);1H/t29-;/m1./s1. The summed E-state index contributed by atoms with van der Waals surface area (Å²) in [5.74, 6) is -0.838. The van der Waals surface area contributed by atoms with E-state index in [0.29, 0.717) is 30.6 Å². The number of ether oxygens (including phenoxy) is 2. The molecule has 0 unspecified atom stereocenters. The summed E-state index contributed by atoms with van der Waals surface area (Å²) >= 11 is 0. The first-order chi connectivity index (χ1) is 20.7. The first-order valence-corrected chi connectivity index (χ1v) is 15.6. The van der Waals surface area contributed by atoms with Crippen LogP contribution in [0.5, 0.6) is 5.75 Å². The van der Waals surface area contributed by atoms with E-state index in [1.807, 2.05) is 6.92 Å². The van der Waals surface area contributed by atoms with Gasteiger partial charge in [0.25, 0.3) is 5.91 Å². The summed E-state index contributed by atoms with van der Waals surface area (Å²) in [4.78, 5) is 31.4. The van der Waals surface area contributed by atoms with Crippen LogP contribution in [-0.4, -0.2) is 72.7 Å². The lowest BCUT2D eigenvalue weighted by atomic mass is 9.88. The third kappa shape index (κ3) is 8.91. The van der Waals surface area contributed by atoms with Crippen molar-refractivity contribution in [2.24, 2.45) is 5.92 Å². The number of nitrogens with one attached hydrogen (secondary N) is 1. The van der Waals surface area contributed by atoms with Gasteiger partial charge in [0, 0.05) is 32.0 Å². The maximum Gasteiger partial charge on any atom is 0.409 e. The summed E-state index contributed by atoms with van der Waals surface area (Å²) in [6.45, 7) is 2.75. The van der Waals surface area contributed by atoms with E-state index in [-0.39, 0.29) is 43.5 Å². The molecule has 11 nitrogen and oxygen atoms in total. The first kappa shape index (κ1) is 34.8. The molecule has 1 saturated heterocycles. The molecule has 1 aromatic heterocycles. The van der Waals surface area contributed by atoms with Gasteiger partial charge in [-0.15, -0.1) is 12.4 Å². The predicted octanol–water partition coefficient (Wildman–Crippen LogP) is 4.37. The molecule has 2 amide bonds. The molecule has 2 N–H and O–H groups in total. The maximum absolute atomic E-state index is 14.0. The highest BCUT2D eigenvalue weighted by atomic mass is 35.5. The molecule has 0 aliphatic carbocycles. The number of hydrogen-bond acceptors (Lipinski definition) is 8. The number of pyridine rings is 1. The highest BCUT2D eigenvalue weighted by Gasteiger charge is 2.42. The summed E-state index contributed by atoms with van der Waals surface area (Å²) in [5.41, 5.74) is 4.66. The zero-order chi connectivity index (χ0) is 30.8. The highest BCUT2D eigenvalue weighted by molar-refractivity contribution is 7.89. The number of carbonyl (C=O) groups is 2. The van der Waals surface area contributed by atoms with Gasteiger partial charge in [0.2, 0.25) is 10.0 Å². The molecule has 3 aromatic rings. The van der Waals surface area contributed by atoms with Crippen LogP contribution in [-0.2, 0) is 32.5 Å². The minimum absolute atomic E-state index is 0. The van der Waals surface area contributed by atoms with Crippen molar-refractivity contribution < 1.29 is 32.7 Å². The van der Waals surface area contributed by atoms with E-state index >= 15 is 0 Å². The average molecular weight is 647 g/mol. The fourth-order valence-corrected chi connectivity index (χ4v) is 6.85. The monoisotopic (exact) mass is 646 g/mol. The van der Waals surface area contributed by atoms with Gasteiger partial charge >= 0.3 is 6.09 Å². The number of carbonyl (C=O) groups excluding carboxylic acids is 2. The van der Waals surface area contributed by atoms with Gasteiger partial charge in [0.05, 0.1) is 18.6 Å². The van der Waals surface area contributed by atoms with E-state index in [1.54, 1.807) is 34.9 Å². The minimum atomic E-state index is -4.22. The van der Waals surface area contributed by atoms with Crippen molar-refractivity contribution in [3.8, 4) is 5.75 Å². The molecule has 1 fully saturated rings. The molecular formula is C31H39ClN4O7S. The number of sulfonamides is 1. The molecule has 1 aliphatic heterocycles. The molecule has 1 aliphatic rings. The van der Waals surface area contributed by atoms with Crippen molar-refractivity contribution in [1.29, 1.82) is 0 Å². The SMILES string of the molecule is COc1ccc(S(=O)(=O)N(Cc2ccncc2)[C@@H](C(=O)NO)C2CCN(C(=O)OCCCc3ccc(C)cc3)CC2)cc1.Cl. The molecule has 0 radical (unpaired) electrons. The molecular weight excluding hydrogens is 608 g/mol. The third-order valence-electron chi connectivity index (χ3n) is 7.64. The smallest absolute Gasteiger partial charge is 0.409 e. The Hall–Kier alpha value is -3.71. The Kier molecular flexibility index (Phi) is 13.0. The lowest BCUT2D eigenvalue weighted by Gasteiger charge is -2.39. The molecule has 1 atom stereocenters. The number of likely N-dealkylation sites (tertiary alicyclic amines) is 1. The quantitative estimate of drug-likeness (QED) is 0.168. The molecule has 2 heterocycles. The van der Waals surface area contributed by atoms with Gasteiger partial charge < -0.3 is 14.4 Å².